The van der Waals surface area contributed by atoms with Crippen LogP contribution in [0.15, 0.2) is 23.0 Å². The summed E-state index contributed by atoms with van der Waals surface area (Å²) in [6, 6.07) is 6.47. The van der Waals surface area contributed by atoms with Crippen molar-refractivity contribution < 1.29 is 4.84 Å². The number of rotatable bonds is 4. The monoisotopic (exact) mass is 369 g/mol. The molecule has 1 aliphatic carbocycles. The van der Waals surface area contributed by atoms with Crippen LogP contribution in [-0.2, 0) is 11.3 Å². The van der Waals surface area contributed by atoms with Crippen LogP contribution in [0.25, 0.3) is 10.9 Å². The Labute approximate surface area is 161 Å². The number of hydrogen-bond acceptors (Lipinski definition) is 4. The van der Waals surface area contributed by atoms with Gasteiger partial charge in [-0.05, 0) is 37.0 Å². The third-order valence-corrected chi connectivity index (χ3v) is 6.25. The van der Waals surface area contributed by atoms with Crippen LogP contribution in [0.1, 0.15) is 75.7 Å². The van der Waals surface area contributed by atoms with Gasteiger partial charge in [-0.15, -0.1) is 0 Å². The Kier molecular flexibility index (Phi) is 5.60. The summed E-state index contributed by atoms with van der Waals surface area (Å²) in [6.07, 6.45) is 10.8. The molecule has 1 saturated carbocycles. The lowest BCUT2D eigenvalue weighted by Crippen LogP contribution is -2.23. The molecule has 1 aromatic carbocycles. The molecule has 146 valence electrons. The molecule has 5 heteroatoms. The third-order valence-electron chi connectivity index (χ3n) is 6.25. The molecule has 3 atom stereocenters. The fraction of sp³-hybridized carbons (Fsp3) is 0.636. The van der Waals surface area contributed by atoms with E-state index >= 15 is 0 Å². The molecule has 2 aromatic rings. The van der Waals surface area contributed by atoms with Gasteiger partial charge < -0.3 is 4.98 Å². The van der Waals surface area contributed by atoms with E-state index in [0.717, 1.165) is 37.0 Å². The third kappa shape index (κ3) is 3.81. The predicted molar refractivity (Wildman–Crippen MR) is 108 cm³/mol. The van der Waals surface area contributed by atoms with Gasteiger partial charge in [0.2, 0.25) is 0 Å². The second kappa shape index (κ2) is 8.11. The first-order valence-electron chi connectivity index (χ1n) is 10.6. The molecule has 2 aliphatic rings. The summed E-state index contributed by atoms with van der Waals surface area (Å²) < 4.78 is 0. The zero-order valence-electron chi connectivity index (χ0n) is 16.5. The number of fused-ring (bicyclic) bond motifs is 2. The average molecular weight is 370 g/mol. The number of hydroxylamine groups is 2. The number of H-pyrrole nitrogens is 1. The molecule has 1 saturated heterocycles. The molecule has 1 aliphatic heterocycles. The lowest BCUT2D eigenvalue weighted by atomic mass is 9.82. The molecule has 2 heterocycles. The van der Waals surface area contributed by atoms with Crippen LogP contribution in [0.2, 0.25) is 0 Å². The van der Waals surface area contributed by atoms with Gasteiger partial charge in [-0.1, -0.05) is 45.1 Å². The van der Waals surface area contributed by atoms with E-state index in [1.807, 2.05) is 24.2 Å². The molecule has 0 radical (unpaired) electrons. The predicted octanol–water partition coefficient (Wildman–Crippen LogP) is 4.52. The van der Waals surface area contributed by atoms with Gasteiger partial charge in [0.25, 0.3) is 5.56 Å². The molecule has 1 N–H and O–H groups in total. The molecule has 0 bridgehead atoms. The summed E-state index contributed by atoms with van der Waals surface area (Å²) >= 11 is 0. The van der Waals surface area contributed by atoms with Crippen molar-refractivity contribution in [2.45, 2.75) is 76.9 Å². The van der Waals surface area contributed by atoms with Gasteiger partial charge in [0.15, 0.2) is 0 Å². The van der Waals surface area contributed by atoms with Crippen LogP contribution >= 0.6 is 0 Å². The second-order valence-corrected chi connectivity index (χ2v) is 8.19. The maximum absolute atomic E-state index is 12.6. The van der Waals surface area contributed by atoms with Crippen LogP contribution in [0.3, 0.4) is 0 Å². The molecule has 3 unspecified atom stereocenters. The van der Waals surface area contributed by atoms with E-state index in [4.69, 9.17) is 4.84 Å². The minimum Gasteiger partial charge on any atom is -0.343 e. The molecule has 4 rings (SSSR count). The lowest BCUT2D eigenvalue weighted by Gasteiger charge is -2.25. The Balaban J connectivity index is 1.66. The fourth-order valence-corrected chi connectivity index (χ4v) is 4.84. The SMILES string of the molecule is CCCCc1nc(=O)c2cc(C3C4CCCCCCC4ON3C)ccc2[nH]1. The highest BCUT2D eigenvalue weighted by Gasteiger charge is 2.42. The fourth-order valence-electron chi connectivity index (χ4n) is 4.84. The Morgan fingerprint density at radius 3 is 2.85 bits per heavy atom. The number of nitrogens with one attached hydrogen (secondary N) is 1. The lowest BCUT2D eigenvalue weighted by molar-refractivity contribution is -0.146. The maximum Gasteiger partial charge on any atom is 0.280 e. The van der Waals surface area contributed by atoms with Crippen LogP contribution in [0.5, 0.6) is 0 Å². The van der Waals surface area contributed by atoms with Crippen molar-refractivity contribution in [2.24, 2.45) is 5.92 Å². The first-order chi connectivity index (χ1) is 13.2. The highest BCUT2D eigenvalue weighted by atomic mass is 16.7. The van der Waals surface area contributed by atoms with Gasteiger partial charge >= 0.3 is 0 Å². The topological polar surface area (TPSA) is 58.2 Å². The molecule has 2 fully saturated rings. The first-order valence-corrected chi connectivity index (χ1v) is 10.6. The summed E-state index contributed by atoms with van der Waals surface area (Å²) in [5, 5.41) is 2.72. The van der Waals surface area contributed by atoms with Crippen molar-refractivity contribution >= 4 is 10.9 Å². The zero-order valence-corrected chi connectivity index (χ0v) is 16.5. The minimum atomic E-state index is -0.118. The van der Waals surface area contributed by atoms with Crippen molar-refractivity contribution in [3.05, 3.63) is 39.9 Å². The van der Waals surface area contributed by atoms with E-state index in [1.165, 1.54) is 37.7 Å². The Morgan fingerprint density at radius 2 is 2.04 bits per heavy atom. The first kappa shape index (κ1) is 18.6. The van der Waals surface area contributed by atoms with Crippen LogP contribution in [0, 0.1) is 5.92 Å². The van der Waals surface area contributed by atoms with Crippen LogP contribution in [-0.4, -0.2) is 28.2 Å². The summed E-state index contributed by atoms with van der Waals surface area (Å²) in [5.74, 6) is 1.30. The Bertz CT molecular complexity index is 847. The smallest absolute Gasteiger partial charge is 0.280 e. The number of aryl methyl sites for hydroxylation is 1. The van der Waals surface area contributed by atoms with E-state index in [0.29, 0.717) is 17.4 Å². The molecular weight excluding hydrogens is 338 g/mol. The van der Waals surface area contributed by atoms with E-state index in [1.54, 1.807) is 0 Å². The summed E-state index contributed by atoms with van der Waals surface area (Å²) in [4.78, 5) is 26.5. The van der Waals surface area contributed by atoms with Crippen LogP contribution in [0.4, 0.5) is 0 Å². The highest BCUT2D eigenvalue weighted by Crippen LogP contribution is 2.44. The van der Waals surface area contributed by atoms with E-state index in [9.17, 15) is 4.79 Å². The van der Waals surface area contributed by atoms with Crippen LogP contribution < -0.4 is 5.56 Å². The number of benzene rings is 1. The van der Waals surface area contributed by atoms with Crippen molar-refractivity contribution in [1.82, 2.24) is 15.0 Å². The minimum absolute atomic E-state index is 0.118. The van der Waals surface area contributed by atoms with Gasteiger partial charge in [0.05, 0.1) is 23.0 Å². The zero-order chi connectivity index (χ0) is 18.8. The quantitative estimate of drug-likeness (QED) is 0.861. The Hall–Kier alpha value is -1.72. The highest BCUT2D eigenvalue weighted by molar-refractivity contribution is 5.78. The number of aromatic amines is 1. The van der Waals surface area contributed by atoms with E-state index < -0.39 is 0 Å². The number of hydrogen-bond donors (Lipinski definition) is 1. The largest absolute Gasteiger partial charge is 0.343 e. The normalized spacial score (nSPS) is 26.7. The molecule has 0 spiro atoms. The van der Waals surface area contributed by atoms with Crippen molar-refractivity contribution in [1.29, 1.82) is 0 Å². The summed E-state index contributed by atoms with van der Waals surface area (Å²) in [5.41, 5.74) is 1.94. The number of unbranched alkanes of at least 4 members (excludes halogenated alkanes) is 1. The molecule has 0 amide bonds. The summed E-state index contributed by atoms with van der Waals surface area (Å²) in [7, 11) is 2.04. The van der Waals surface area contributed by atoms with E-state index in [2.05, 4.69) is 23.0 Å². The standard InChI is InChI=1S/C22H31N3O2/c1-3-4-11-20-23-18-13-12-15(14-17(18)22(26)24-20)21-16-9-7-5-6-8-10-19(16)27-25(21)2/h12-14,16,19,21H,3-11H2,1-2H3,(H,23,24,26). The van der Waals surface area contributed by atoms with Crippen molar-refractivity contribution in [3.8, 4) is 0 Å². The average Bonchev–Trinajstić information content (AvgIpc) is 2.94. The van der Waals surface area contributed by atoms with Crippen molar-refractivity contribution in [2.75, 3.05) is 7.05 Å². The Morgan fingerprint density at radius 1 is 1.22 bits per heavy atom. The van der Waals surface area contributed by atoms with Gasteiger partial charge in [-0.3, -0.25) is 9.63 Å². The van der Waals surface area contributed by atoms with Gasteiger partial charge in [0, 0.05) is 19.4 Å². The van der Waals surface area contributed by atoms with Gasteiger partial charge in [0.1, 0.15) is 5.82 Å². The molecule has 27 heavy (non-hydrogen) atoms. The second-order valence-electron chi connectivity index (χ2n) is 8.19. The summed E-state index contributed by atoms with van der Waals surface area (Å²) in [6.45, 7) is 2.15. The van der Waals surface area contributed by atoms with Gasteiger partial charge in [-0.2, -0.15) is 10.0 Å². The number of nitrogens with zero attached hydrogens (tertiary/aromatic N) is 2. The maximum atomic E-state index is 12.6. The van der Waals surface area contributed by atoms with E-state index in [-0.39, 0.29) is 11.6 Å². The van der Waals surface area contributed by atoms with Crippen molar-refractivity contribution in [3.63, 3.8) is 0 Å². The number of aromatic nitrogens is 2. The molecular formula is C22H31N3O2. The molecule has 5 nitrogen and oxygen atoms in total. The molecule has 1 aromatic heterocycles. The van der Waals surface area contributed by atoms with Gasteiger partial charge in [-0.25, -0.2) is 0 Å².